The number of allylic oxidation sites excluding steroid dienone is 8. The minimum absolute atomic E-state index is 0. The molecule has 0 heteroatoms. The highest BCUT2D eigenvalue weighted by Crippen LogP contribution is 2.24. The summed E-state index contributed by atoms with van der Waals surface area (Å²) in [5.41, 5.74) is 6.31. The molecular formula is C21H26. The molecule has 0 unspecified atom stereocenters. The van der Waals surface area contributed by atoms with Gasteiger partial charge in [-0.05, 0) is 66.7 Å². The van der Waals surface area contributed by atoms with E-state index in [1.807, 2.05) is 6.08 Å². The van der Waals surface area contributed by atoms with Gasteiger partial charge in [-0.15, -0.1) is 0 Å². The Kier molecular flexibility index (Phi) is 6.68. The first kappa shape index (κ1) is 17.0. The van der Waals surface area contributed by atoms with Crippen molar-refractivity contribution in [3.8, 4) is 0 Å². The third kappa shape index (κ3) is 4.46. The molecule has 1 aliphatic carbocycles. The molecule has 0 N–H and O–H groups in total. The maximum atomic E-state index is 3.90. The molecule has 0 aromatic heterocycles. The summed E-state index contributed by atoms with van der Waals surface area (Å²) in [5.74, 6) is 0. The van der Waals surface area contributed by atoms with Gasteiger partial charge in [-0.25, -0.2) is 0 Å². The van der Waals surface area contributed by atoms with Crippen LogP contribution in [0.1, 0.15) is 43.9 Å². The summed E-state index contributed by atoms with van der Waals surface area (Å²) in [7, 11) is 0. The monoisotopic (exact) mass is 278 g/mol. The molecule has 0 radical (unpaired) electrons. The largest absolute Gasteiger partial charge is 0.0985 e. The first-order chi connectivity index (χ1) is 9.74. The molecule has 0 bridgehead atoms. The van der Waals surface area contributed by atoms with Crippen LogP contribution in [0.2, 0.25) is 0 Å². The highest BCUT2D eigenvalue weighted by molar-refractivity contribution is 5.78. The standard InChI is InChI=1S/C20H22.CH4/c1-4-9-18-15-20(13-12-16(18)3)19-11-8-6-7-10-17(5-2)14-19;/h4-5,8-15H,2,6-7H2,1,3H3;1H4/b9-4-,11-8+,17-10-,19-14+;. The van der Waals surface area contributed by atoms with Crippen LogP contribution in [0, 0.1) is 6.92 Å². The molecule has 0 fully saturated rings. The molecule has 110 valence electrons. The number of aryl methyl sites for hydroxylation is 1. The fourth-order valence-corrected chi connectivity index (χ4v) is 2.34. The van der Waals surface area contributed by atoms with Gasteiger partial charge in [-0.2, -0.15) is 0 Å². The number of rotatable bonds is 3. The van der Waals surface area contributed by atoms with Crippen LogP contribution < -0.4 is 0 Å². The summed E-state index contributed by atoms with van der Waals surface area (Å²) in [6.45, 7) is 8.10. The van der Waals surface area contributed by atoms with Crippen molar-refractivity contribution in [2.45, 2.75) is 34.1 Å². The van der Waals surface area contributed by atoms with Gasteiger partial charge in [0.15, 0.2) is 0 Å². The number of benzene rings is 1. The van der Waals surface area contributed by atoms with Crippen molar-refractivity contribution in [2.24, 2.45) is 0 Å². The Balaban J connectivity index is 0.00000220. The molecule has 0 atom stereocenters. The topological polar surface area (TPSA) is 0 Å². The normalized spacial score (nSPS) is 21.2. The lowest BCUT2D eigenvalue weighted by Gasteiger charge is -2.09. The van der Waals surface area contributed by atoms with Crippen LogP contribution in [0.5, 0.6) is 0 Å². The molecule has 0 heterocycles. The third-order valence-corrected chi connectivity index (χ3v) is 3.53. The van der Waals surface area contributed by atoms with E-state index < -0.39 is 0 Å². The van der Waals surface area contributed by atoms with E-state index in [2.05, 4.69) is 75.1 Å². The van der Waals surface area contributed by atoms with E-state index in [9.17, 15) is 0 Å². The van der Waals surface area contributed by atoms with Crippen LogP contribution in [0.4, 0.5) is 0 Å². The summed E-state index contributed by atoms with van der Waals surface area (Å²) < 4.78 is 0. The Hall–Kier alpha value is -2.08. The third-order valence-electron chi connectivity index (χ3n) is 3.53. The van der Waals surface area contributed by atoms with E-state index in [1.165, 1.54) is 27.8 Å². The molecule has 0 saturated heterocycles. The lowest BCUT2D eigenvalue weighted by atomic mass is 9.96. The molecule has 1 aromatic carbocycles. The molecule has 0 amide bonds. The van der Waals surface area contributed by atoms with Crippen molar-refractivity contribution >= 4 is 11.6 Å². The molecule has 1 aliphatic rings. The fraction of sp³-hybridized carbons (Fsp3) is 0.238. The summed E-state index contributed by atoms with van der Waals surface area (Å²) in [4.78, 5) is 0. The second-order valence-corrected chi connectivity index (χ2v) is 5.06. The van der Waals surface area contributed by atoms with Gasteiger partial charge in [0.25, 0.3) is 0 Å². The minimum Gasteiger partial charge on any atom is -0.0985 e. The van der Waals surface area contributed by atoms with Crippen LogP contribution in [-0.4, -0.2) is 0 Å². The Morgan fingerprint density at radius 2 is 2.00 bits per heavy atom. The van der Waals surface area contributed by atoms with Gasteiger partial charge in [-0.1, -0.05) is 62.6 Å². The Bertz CT molecular complexity index is 607. The van der Waals surface area contributed by atoms with Crippen LogP contribution in [0.3, 0.4) is 0 Å². The zero-order chi connectivity index (χ0) is 14.4. The summed E-state index contributed by atoms with van der Waals surface area (Å²) in [6.07, 6.45) is 17.3. The Morgan fingerprint density at radius 3 is 2.71 bits per heavy atom. The molecule has 2 rings (SSSR count). The van der Waals surface area contributed by atoms with Crippen molar-refractivity contribution in [3.05, 3.63) is 83.5 Å². The van der Waals surface area contributed by atoms with Gasteiger partial charge in [0.1, 0.15) is 0 Å². The Morgan fingerprint density at radius 1 is 1.19 bits per heavy atom. The summed E-state index contributed by atoms with van der Waals surface area (Å²) in [5, 5.41) is 0. The zero-order valence-electron chi connectivity index (χ0n) is 12.4. The second-order valence-electron chi connectivity index (χ2n) is 5.06. The van der Waals surface area contributed by atoms with Crippen LogP contribution in [0.25, 0.3) is 11.6 Å². The predicted molar refractivity (Wildman–Crippen MR) is 97.2 cm³/mol. The highest BCUT2D eigenvalue weighted by atomic mass is 14.1. The van der Waals surface area contributed by atoms with Crippen molar-refractivity contribution in [2.75, 3.05) is 0 Å². The van der Waals surface area contributed by atoms with Gasteiger partial charge >= 0.3 is 0 Å². The average molecular weight is 278 g/mol. The van der Waals surface area contributed by atoms with Gasteiger partial charge in [0.2, 0.25) is 0 Å². The van der Waals surface area contributed by atoms with E-state index in [0.717, 1.165) is 12.8 Å². The molecule has 21 heavy (non-hydrogen) atoms. The van der Waals surface area contributed by atoms with Crippen molar-refractivity contribution in [1.82, 2.24) is 0 Å². The van der Waals surface area contributed by atoms with E-state index in [1.54, 1.807) is 0 Å². The van der Waals surface area contributed by atoms with Crippen molar-refractivity contribution in [3.63, 3.8) is 0 Å². The highest BCUT2D eigenvalue weighted by Gasteiger charge is 2.03. The first-order valence-electron chi connectivity index (χ1n) is 7.19. The summed E-state index contributed by atoms with van der Waals surface area (Å²) in [6, 6.07) is 6.64. The van der Waals surface area contributed by atoms with Crippen LogP contribution in [0.15, 0.2) is 66.8 Å². The molecule has 0 nitrogen and oxygen atoms in total. The lowest BCUT2D eigenvalue weighted by Crippen LogP contribution is -1.89. The molecular weight excluding hydrogens is 252 g/mol. The van der Waals surface area contributed by atoms with Crippen LogP contribution in [-0.2, 0) is 0 Å². The van der Waals surface area contributed by atoms with Gasteiger partial charge in [0, 0.05) is 0 Å². The maximum Gasteiger partial charge on any atom is -0.0178 e. The van der Waals surface area contributed by atoms with Crippen molar-refractivity contribution < 1.29 is 0 Å². The molecule has 0 aliphatic heterocycles. The number of hydrogen-bond donors (Lipinski definition) is 0. The van der Waals surface area contributed by atoms with E-state index in [-0.39, 0.29) is 7.43 Å². The second kappa shape index (κ2) is 8.26. The van der Waals surface area contributed by atoms with Crippen LogP contribution >= 0.6 is 0 Å². The maximum absolute atomic E-state index is 3.90. The zero-order valence-corrected chi connectivity index (χ0v) is 12.4. The quantitative estimate of drug-likeness (QED) is 0.591. The van der Waals surface area contributed by atoms with E-state index in [0.29, 0.717) is 0 Å². The SMILES string of the molecule is C.C=CC1=C/CC/C=C/C(c2ccc(C)c(/C=C\C)c2)=C\1. The minimum atomic E-state index is 0. The van der Waals surface area contributed by atoms with E-state index >= 15 is 0 Å². The summed E-state index contributed by atoms with van der Waals surface area (Å²) >= 11 is 0. The predicted octanol–water partition coefficient (Wildman–Crippen LogP) is 6.51. The van der Waals surface area contributed by atoms with Crippen molar-refractivity contribution in [1.29, 1.82) is 0 Å². The first-order valence-corrected chi connectivity index (χ1v) is 7.19. The molecule has 0 saturated carbocycles. The van der Waals surface area contributed by atoms with Gasteiger partial charge in [-0.3, -0.25) is 0 Å². The number of hydrogen-bond acceptors (Lipinski definition) is 0. The molecule has 0 spiro atoms. The molecule has 1 aromatic rings. The Labute approximate surface area is 129 Å². The van der Waals surface area contributed by atoms with Gasteiger partial charge in [0.05, 0.1) is 0 Å². The van der Waals surface area contributed by atoms with E-state index in [4.69, 9.17) is 0 Å². The fourth-order valence-electron chi connectivity index (χ4n) is 2.34. The smallest absolute Gasteiger partial charge is 0.0178 e. The lowest BCUT2D eigenvalue weighted by molar-refractivity contribution is 1.04. The average Bonchev–Trinajstić information content (AvgIpc) is 2.42. The van der Waals surface area contributed by atoms with Gasteiger partial charge < -0.3 is 0 Å².